The molecule has 12 heteroatoms. The Morgan fingerprint density at radius 1 is 1.19 bits per heavy atom. The van der Waals surface area contributed by atoms with E-state index in [1.165, 1.54) is 24.3 Å². The molecule has 1 aromatic heterocycles. The van der Waals surface area contributed by atoms with Crippen molar-refractivity contribution in [3.63, 3.8) is 0 Å². The molecule has 9 nitrogen and oxygen atoms in total. The van der Waals surface area contributed by atoms with Gasteiger partial charge >= 0.3 is 12.3 Å². The third kappa shape index (κ3) is 5.16. The molecule has 1 aliphatic heterocycles. The van der Waals surface area contributed by atoms with E-state index in [0.29, 0.717) is 30.4 Å². The number of alkyl halides is 3. The van der Waals surface area contributed by atoms with Crippen molar-refractivity contribution in [1.82, 2.24) is 14.5 Å². The number of piperidine rings is 1. The zero-order valence-corrected chi connectivity index (χ0v) is 18.8. The smallest absolute Gasteiger partial charge is 0.449 e. The second-order valence-corrected chi connectivity index (χ2v) is 8.14. The standard InChI is InChI=1S/C24H21F3N4O5/c1-2-20(32)30-10-4-7-16(13-30)31-19-9-8-17(36-23(34)35)12-18(19)28-22(31)29-21(33)14-5-3-6-15(11-14)24(25,26)27/h2-3,5-6,8-9,11-12,16H,1,4,7,10,13H2,(H,34,35)(H,28,29,33). The fourth-order valence-electron chi connectivity index (χ4n) is 4.21. The zero-order valence-electron chi connectivity index (χ0n) is 18.8. The van der Waals surface area contributed by atoms with Gasteiger partial charge in [-0.1, -0.05) is 12.6 Å². The van der Waals surface area contributed by atoms with Gasteiger partial charge in [0.15, 0.2) is 0 Å². The molecule has 0 saturated carbocycles. The van der Waals surface area contributed by atoms with Crippen LogP contribution >= 0.6 is 0 Å². The second kappa shape index (κ2) is 9.72. The van der Waals surface area contributed by atoms with Crippen LogP contribution in [-0.4, -0.2) is 50.6 Å². The Hall–Kier alpha value is -4.35. The summed E-state index contributed by atoms with van der Waals surface area (Å²) in [4.78, 5) is 42.0. The van der Waals surface area contributed by atoms with Crippen LogP contribution in [0, 0.1) is 0 Å². The third-order valence-corrected chi connectivity index (χ3v) is 5.79. The topological polar surface area (TPSA) is 114 Å². The van der Waals surface area contributed by atoms with Crippen molar-refractivity contribution in [2.45, 2.75) is 25.1 Å². The number of imidazole rings is 1. The number of benzene rings is 2. The summed E-state index contributed by atoms with van der Waals surface area (Å²) < 4.78 is 45.7. The molecule has 0 aliphatic carbocycles. The van der Waals surface area contributed by atoms with Crippen molar-refractivity contribution in [1.29, 1.82) is 0 Å². The van der Waals surface area contributed by atoms with Crippen molar-refractivity contribution in [2.24, 2.45) is 0 Å². The number of anilines is 1. The average Bonchev–Trinajstić information content (AvgIpc) is 3.19. The van der Waals surface area contributed by atoms with E-state index in [0.717, 1.165) is 18.2 Å². The summed E-state index contributed by atoms with van der Waals surface area (Å²) in [5.41, 5.74) is -0.374. The van der Waals surface area contributed by atoms with Crippen LogP contribution in [-0.2, 0) is 11.0 Å². The third-order valence-electron chi connectivity index (χ3n) is 5.79. The first kappa shape index (κ1) is 24.8. The Morgan fingerprint density at radius 2 is 1.97 bits per heavy atom. The fraction of sp³-hybridized carbons (Fsp3) is 0.250. The summed E-state index contributed by atoms with van der Waals surface area (Å²) >= 11 is 0. The van der Waals surface area contributed by atoms with Crippen LogP contribution < -0.4 is 10.1 Å². The van der Waals surface area contributed by atoms with Crippen LogP contribution in [0.4, 0.5) is 23.9 Å². The summed E-state index contributed by atoms with van der Waals surface area (Å²) in [7, 11) is 0. The van der Waals surface area contributed by atoms with Gasteiger partial charge in [-0.3, -0.25) is 14.9 Å². The predicted octanol–water partition coefficient (Wildman–Crippen LogP) is 4.71. The maximum atomic E-state index is 13.1. The number of carbonyl (C=O) groups is 3. The van der Waals surface area contributed by atoms with Crippen LogP contribution in [0.5, 0.6) is 5.75 Å². The molecule has 1 saturated heterocycles. The molecule has 36 heavy (non-hydrogen) atoms. The number of nitrogens with zero attached hydrogens (tertiary/aromatic N) is 3. The summed E-state index contributed by atoms with van der Waals surface area (Å²) in [6.45, 7) is 4.32. The molecule has 4 rings (SSSR count). The van der Waals surface area contributed by atoms with E-state index in [1.807, 2.05) is 0 Å². The number of carboxylic acid groups (broad SMARTS) is 1. The largest absolute Gasteiger partial charge is 0.511 e. The Labute approximate surface area is 202 Å². The molecule has 0 bridgehead atoms. The van der Waals surface area contributed by atoms with E-state index in [-0.39, 0.29) is 35.8 Å². The highest BCUT2D eigenvalue weighted by Crippen LogP contribution is 2.33. The molecule has 2 aromatic carbocycles. The first-order valence-electron chi connectivity index (χ1n) is 10.9. The van der Waals surface area contributed by atoms with E-state index in [4.69, 9.17) is 5.11 Å². The molecule has 1 fully saturated rings. The summed E-state index contributed by atoms with van der Waals surface area (Å²) in [6, 6.07) is 8.02. The first-order valence-corrected chi connectivity index (χ1v) is 10.9. The van der Waals surface area contributed by atoms with E-state index >= 15 is 0 Å². The van der Waals surface area contributed by atoms with Crippen LogP contribution in [0.2, 0.25) is 0 Å². The number of fused-ring (bicyclic) bond motifs is 1. The van der Waals surface area contributed by atoms with Gasteiger partial charge < -0.3 is 19.3 Å². The Kier molecular flexibility index (Phi) is 6.69. The fourth-order valence-corrected chi connectivity index (χ4v) is 4.21. The first-order chi connectivity index (χ1) is 17.1. The van der Waals surface area contributed by atoms with E-state index in [9.17, 15) is 27.6 Å². The molecule has 3 aromatic rings. The summed E-state index contributed by atoms with van der Waals surface area (Å²) in [5, 5.41) is 11.5. The minimum absolute atomic E-state index is 0.00232. The maximum absolute atomic E-state index is 13.1. The lowest BCUT2D eigenvalue weighted by Crippen LogP contribution is -2.40. The Morgan fingerprint density at radius 3 is 2.67 bits per heavy atom. The van der Waals surface area contributed by atoms with Crippen LogP contribution in [0.15, 0.2) is 55.1 Å². The second-order valence-electron chi connectivity index (χ2n) is 8.14. The summed E-state index contributed by atoms with van der Waals surface area (Å²) in [5.74, 6) is -1.02. The molecule has 2 N–H and O–H groups in total. The predicted molar refractivity (Wildman–Crippen MR) is 123 cm³/mol. The highest BCUT2D eigenvalue weighted by atomic mass is 19.4. The van der Waals surface area contributed by atoms with Crippen molar-refractivity contribution in [2.75, 3.05) is 18.4 Å². The summed E-state index contributed by atoms with van der Waals surface area (Å²) in [6.07, 6.45) is -3.64. The van der Waals surface area contributed by atoms with Gasteiger partial charge in [0.05, 0.1) is 22.6 Å². The van der Waals surface area contributed by atoms with Crippen LogP contribution in [0.1, 0.15) is 34.8 Å². The van der Waals surface area contributed by atoms with Crippen LogP contribution in [0.25, 0.3) is 11.0 Å². The molecule has 0 spiro atoms. The lowest BCUT2D eigenvalue weighted by atomic mass is 10.0. The number of nitrogens with one attached hydrogen (secondary N) is 1. The number of halogens is 3. The van der Waals surface area contributed by atoms with Gasteiger partial charge in [0, 0.05) is 24.7 Å². The number of likely N-dealkylation sites (tertiary alicyclic amines) is 1. The molecular weight excluding hydrogens is 481 g/mol. The normalized spacial score (nSPS) is 16.0. The van der Waals surface area contributed by atoms with Gasteiger partial charge in [0.2, 0.25) is 11.9 Å². The van der Waals surface area contributed by atoms with Crippen molar-refractivity contribution in [3.05, 3.63) is 66.2 Å². The van der Waals surface area contributed by atoms with Gasteiger partial charge in [-0.2, -0.15) is 13.2 Å². The SMILES string of the molecule is C=CC(=O)N1CCCC(n2c(NC(=O)c3cccc(C(F)(F)F)c3)nc3cc(OC(=O)O)ccc32)C1. The van der Waals surface area contributed by atoms with E-state index in [2.05, 4.69) is 21.6 Å². The van der Waals surface area contributed by atoms with Crippen molar-refractivity contribution >= 4 is 35.0 Å². The minimum atomic E-state index is -4.62. The number of rotatable bonds is 5. The van der Waals surface area contributed by atoms with Gasteiger partial charge in [0.1, 0.15) is 5.75 Å². The van der Waals surface area contributed by atoms with Gasteiger partial charge in [-0.15, -0.1) is 0 Å². The highest BCUT2D eigenvalue weighted by molar-refractivity contribution is 6.04. The van der Waals surface area contributed by atoms with Crippen LogP contribution in [0.3, 0.4) is 0 Å². The lowest BCUT2D eigenvalue weighted by molar-refractivity contribution is -0.137. The van der Waals surface area contributed by atoms with Gasteiger partial charge in [-0.05, 0) is 49.2 Å². The quantitative estimate of drug-likeness (QED) is 0.297. The zero-order chi connectivity index (χ0) is 26.0. The molecule has 1 unspecified atom stereocenters. The Balaban J connectivity index is 1.74. The average molecular weight is 502 g/mol. The number of carbonyl (C=O) groups excluding carboxylic acids is 2. The number of amides is 2. The number of hydrogen-bond donors (Lipinski definition) is 2. The molecule has 2 heterocycles. The molecular formula is C24H21F3N4O5. The van der Waals surface area contributed by atoms with Gasteiger partial charge in [0.25, 0.3) is 5.91 Å². The molecule has 1 aliphatic rings. The molecule has 188 valence electrons. The monoisotopic (exact) mass is 502 g/mol. The Bertz CT molecular complexity index is 1350. The number of hydrogen-bond acceptors (Lipinski definition) is 5. The molecule has 2 amide bonds. The van der Waals surface area contributed by atoms with Crippen molar-refractivity contribution < 1.29 is 37.4 Å². The molecule has 1 atom stereocenters. The maximum Gasteiger partial charge on any atom is 0.511 e. The van der Waals surface area contributed by atoms with E-state index < -0.39 is 23.8 Å². The van der Waals surface area contributed by atoms with Gasteiger partial charge in [-0.25, -0.2) is 9.78 Å². The minimum Gasteiger partial charge on any atom is -0.449 e. The number of ether oxygens (including phenoxy) is 1. The van der Waals surface area contributed by atoms with E-state index in [1.54, 1.807) is 15.5 Å². The molecule has 0 radical (unpaired) electrons. The lowest BCUT2D eigenvalue weighted by Gasteiger charge is -2.33. The number of aromatic nitrogens is 2. The highest BCUT2D eigenvalue weighted by Gasteiger charge is 2.31. The van der Waals surface area contributed by atoms with Crippen molar-refractivity contribution in [3.8, 4) is 5.75 Å².